The van der Waals surface area contributed by atoms with Crippen molar-refractivity contribution in [3.63, 3.8) is 0 Å². The highest BCUT2D eigenvalue weighted by Crippen LogP contribution is 2.26. The zero-order valence-corrected chi connectivity index (χ0v) is 13.2. The molecule has 3 nitrogen and oxygen atoms in total. The third-order valence-corrected chi connectivity index (χ3v) is 3.69. The van der Waals surface area contributed by atoms with E-state index < -0.39 is 0 Å². The van der Waals surface area contributed by atoms with E-state index in [2.05, 4.69) is 5.32 Å². The second-order valence-corrected chi connectivity index (χ2v) is 5.43. The third-order valence-electron chi connectivity index (χ3n) is 3.13. The number of hydrogen-bond donors (Lipinski definition) is 1. The number of nitrogens with one attached hydrogen (secondary N) is 1. The highest BCUT2D eigenvalue weighted by atomic mass is 35.5. The molecule has 0 aromatic heterocycles. The summed E-state index contributed by atoms with van der Waals surface area (Å²) in [4.78, 5) is 12.2. The summed E-state index contributed by atoms with van der Waals surface area (Å²) in [5.41, 5.74) is 1.38. The molecule has 21 heavy (non-hydrogen) atoms. The van der Waals surface area contributed by atoms with Crippen LogP contribution in [0.1, 0.15) is 28.9 Å². The van der Waals surface area contributed by atoms with Crippen LogP contribution >= 0.6 is 23.2 Å². The minimum Gasteiger partial charge on any atom is -0.497 e. The highest BCUT2D eigenvalue weighted by molar-refractivity contribution is 6.35. The van der Waals surface area contributed by atoms with Gasteiger partial charge in [-0.1, -0.05) is 29.3 Å². The van der Waals surface area contributed by atoms with Gasteiger partial charge in [0.1, 0.15) is 5.75 Å². The van der Waals surface area contributed by atoms with Crippen molar-refractivity contribution >= 4 is 29.1 Å². The molecule has 2 rings (SSSR count). The molecule has 1 N–H and O–H groups in total. The van der Waals surface area contributed by atoms with Gasteiger partial charge in [0.25, 0.3) is 5.91 Å². The Morgan fingerprint density at radius 3 is 2.38 bits per heavy atom. The number of ether oxygens (including phenoxy) is 1. The molecule has 0 aliphatic rings. The van der Waals surface area contributed by atoms with Crippen LogP contribution in [-0.4, -0.2) is 13.0 Å². The molecule has 0 bridgehead atoms. The summed E-state index contributed by atoms with van der Waals surface area (Å²) in [5.74, 6) is 0.538. The van der Waals surface area contributed by atoms with Crippen molar-refractivity contribution in [1.29, 1.82) is 0 Å². The molecular formula is C16H15Cl2NO2. The first kappa shape index (κ1) is 15.7. The standard InChI is InChI=1S/C16H15Cl2NO2/c1-10(14-8-5-12(17)9-15(14)18)19-16(20)11-3-6-13(21-2)7-4-11/h3-10H,1-2H3,(H,19,20)/t10-/m0/s1. The number of benzene rings is 2. The van der Waals surface area contributed by atoms with Crippen LogP contribution < -0.4 is 10.1 Å². The van der Waals surface area contributed by atoms with Crippen LogP contribution in [0.25, 0.3) is 0 Å². The second-order valence-electron chi connectivity index (χ2n) is 4.59. The maximum atomic E-state index is 12.2. The van der Waals surface area contributed by atoms with Gasteiger partial charge >= 0.3 is 0 Å². The number of halogens is 2. The summed E-state index contributed by atoms with van der Waals surface area (Å²) in [7, 11) is 1.58. The molecule has 0 aliphatic heterocycles. The SMILES string of the molecule is COc1ccc(C(=O)N[C@@H](C)c2ccc(Cl)cc2Cl)cc1. The molecule has 0 spiro atoms. The second kappa shape index (κ2) is 6.83. The topological polar surface area (TPSA) is 38.3 Å². The average molecular weight is 324 g/mol. The van der Waals surface area contributed by atoms with Crippen molar-refractivity contribution in [1.82, 2.24) is 5.32 Å². The Hall–Kier alpha value is -1.71. The Morgan fingerprint density at radius 2 is 1.81 bits per heavy atom. The number of methoxy groups -OCH3 is 1. The van der Waals surface area contributed by atoms with E-state index in [1.165, 1.54) is 0 Å². The van der Waals surface area contributed by atoms with Crippen LogP contribution in [0.2, 0.25) is 10.0 Å². The van der Waals surface area contributed by atoms with Crippen molar-refractivity contribution in [2.24, 2.45) is 0 Å². The van der Waals surface area contributed by atoms with Gasteiger partial charge in [0.2, 0.25) is 0 Å². The van der Waals surface area contributed by atoms with Gasteiger partial charge in [0.15, 0.2) is 0 Å². The molecule has 2 aromatic rings. The Labute approximate surface area is 133 Å². The minimum atomic E-state index is -0.218. The van der Waals surface area contributed by atoms with E-state index in [0.29, 0.717) is 21.4 Å². The maximum Gasteiger partial charge on any atom is 0.251 e. The zero-order valence-electron chi connectivity index (χ0n) is 11.7. The van der Waals surface area contributed by atoms with Crippen LogP contribution in [0.15, 0.2) is 42.5 Å². The number of carbonyl (C=O) groups is 1. The van der Waals surface area contributed by atoms with Crippen LogP contribution in [0.3, 0.4) is 0 Å². The van der Waals surface area contributed by atoms with Gasteiger partial charge in [0, 0.05) is 15.6 Å². The molecular weight excluding hydrogens is 309 g/mol. The fraction of sp³-hybridized carbons (Fsp3) is 0.188. The molecule has 2 aromatic carbocycles. The first-order valence-corrected chi connectivity index (χ1v) is 7.16. The van der Waals surface area contributed by atoms with Crippen molar-refractivity contribution in [2.45, 2.75) is 13.0 Å². The van der Waals surface area contributed by atoms with Gasteiger partial charge in [-0.3, -0.25) is 4.79 Å². The Morgan fingerprint density at radius 1 is 1.14 bits per heavy atom. The Kier molecular flexibility index (Phi) is 5.10. The molecule has 0 unspecified atom stereocenters. The summed E-state index contributed by atoms with van der Waals surface area (Å²) in [6.45, 7) is 1.87. The monoisotopic (exact) mass is 323 g/mol. The molecule has 110 valence electrons. The maximum absolute atomic E-state index is 12.2. The average Bonchev–Trinajstić information content (AvgIpc) is 2.47. The van der Waals surface area contributed by atoms with E-state index >= 15 is 0 Å². The number of carbonyl (C=O) groups excluding carboxylic acids is 1. The quantitative estimate of drug-likeness (QED) is 0.900. The van der Waals surface area contributed by atoms with E-state index in [-0.39, 0.29) is 11.9 Å². The summed E-state index contributed by atoms with van der Waals surface area (Å²) < 4.78 is 5.06. The van der Waals surface area contributed by atoms with Gasteiger partial charge in [0.05, 0.1) is 13.2 Å². The highest BCUT2D eigenvalue weighted by Gasteiger charge is 2.14. The van der Waals surface area contributed by atoms with E-state index in [1.54, 1.807) is 43.5 Å². The molecule has 0 heterocycles. The number of amides is 1. The van der Waals surface area contributed by atoms with E-state index in [4.69, 9.17) is 27.9 Å². The summed E-state index contributed by atoms with van der Waals surface area (Å²) in [6, 6.07) is 11.9. The van der Waals surface area contributed by atoms with Crippen molar-refractivity contribution in [3.05, 3.63) is 63.6 Å². The fourth-order valence-electron chi connectivity index (χ4n) is 1.95. The normalized spacial score (nSPS) is 11.8. The lowest BCUT2D eigenvalue weighted by Crippen LogP contribution is -2.26. The van der Waals surface area contributed by atoms with Crippen LogP contribution in [0.4, 0.5) is 0 Å². The molecule has 0 radical (unpaired) electrons. The molecule has 0 aliphatic carbocycles. The summed E-state index contributed by atoms with van der Waals surface area (Å²) in [6.07, 6.45) is 0. The number of hydrogen-bond acceptors (Lipinski definition) is 2. The predicted octanol–water partition coefficient (Wildman–Crippen LogP) is 4.49. The zero-order chi connectivity index (χ0) is 15.4. The molecule has 1 atom stereocenters. The smallest absolute Gasteiger partial charge is 0.251 e. The Bertz CT molecular complexity index is 641. The first-order valence-electron chi connectivity index (χ1n) is 6.41. The molecule has 1 amide bonds. The van der Waals surface area contributed by atoms with Crippen molar-refractivity contribution in [2.75, 3.05) is 7.11 Å². The van der Waals surface area contributed by atoms with E-state index in [1.807, 2.05) is 13.0 Å². The van der Waals surface area contributed by atoms with Gasteiger partial charge < -0.3 is 10.1 Å². The molecule has 0 fully saturated rings. The van der Waals surface area contributed by atoms with Crippen LogP contribution in [0.5, 0.6) is 5.75 Å². The summed E-state index contributed by atoms with van der Waals surface area (Å²) >= 11 is 12.0. The lowest BCUT2D eigenvalue weighted by molar-refractivity contribution is 0.0940. The predicted molar refractivity (Wildman–Crippen MR) is 85.3 cm³/mol. The van der Waals surface area contributed by atoms with Gasteiger partial charge in [-0.15, -0.1) is 0 Å². The largest absolute Gasteiger partial charge is 0.497 e. The molecule has 0 saturated carbocycles. The molecule has 0 saturated heterocycles. The minimum absolute atomic E-state index is 0.170. The van der Waals surface area contributed by atoms with Crippen molar-refractivity contribution < 1.29 is 9.53 Å². The van der Waals surface area contributed by atoms with Gasteiger partial charge in [-0.2, -0.15) is 0 Å². The summed E-state index contributed by atoms with van der Waals surface area (Å²) in [5, 5.41) is 4.00. The Balaban J connectivity index is 2.10. The number of rotatable bonds is 4. The van der Waals surface area contributed by atoms with E-state index in [0.717, 1.165) is 5.56 Å². The lowest BCUT2D eigenvalue weighted by Gasteiger charge is -2.16. The first-order chi connectivity index (χ1) is 10.0. The van der Waals surface area contributed by atoms with Gasteiger partial charge in [-0.25, -0.2) is 0 Å². The van der Waals surface area contributed by atoms with E-state index in [9.17, 15) is 4.79 Å². The van der Waals surface area contributed by atoms with Crippen LogP contribution in [0, 0.1) is 0 Å². The lowest BCUT2D eigenvalue weighted by atomic mass is 10.1. The third kappa shape index (κ3) is 3.90. The fourth-order valence-corrected chi connectivity index (χ4v) is 2.52. The molecule has 5 heteroatoms. The van der Waals surface area contributed by atoms with Crippen molar-refractivity contribution in [3.8, 4) is 5.75 Å². The van der Waals surface area contributed by atoms with Crippen LogP contribution in [-0.2, 0) is 0 Å². The van der Waals surface area contributed by atoms with Gasteiger partial charge in [-0.05, 0) is 48.9 Å².